The Kier molecular flexibility index (Phi) is 3.06. The van der Waals surface area contributed by atoms with E-state index >= 15 is 0 Å². The van der Waals surface area contributed by atoms with Gasteiger partial charge in [0, 0.05) is 13.1 Å². The molecule has 1 fully saturated rings. The van der Waals surface area contributed by atoms with Crippen LogP contribution in [0.2, 0.25) is 5.02 Å². The monoisotopic (exact) mass is 239 g/mol. The van der Waals surface area contributed by atoms with E-state index in [4.69, 9.17) is 16.7 Å². The predicted molar refractivity (Wildman–Crippen MR) is 64.4 cm³/mol. The summed E-state index contributed by atoms with van der Waals surface area (Å²) in [6.07, 6.45) is 1.14. The van der Waals surface area contributed by atoms with Crippen molar-refractivity contribution in [3.05, 3.63) is 28.8 Å². The quantitative estimate of drug-likeness (QED) is 0.882. The lowest BCUT2D eigenvalue weighted by Gasteiger charge is -2.41. The Labute approximate surface area is 99.6 Å². The lowest BCUT2D eigenvalue weighted by atomic mass is 9.95. The minimum Gasteiger partial charge on any atom is -0.478 e. The molecule has 16 heavy (non-hydrogen) atoms. The first-order chi connectivity index (χ1) is 7.63. The number of aromatic carboxylic acids is 1. The summed E-state index contributed by atoms with van der Waals surface area (Å²) in [6.45, 7) is 4.01. The molecule has 1 heterocycles. The molecule has 1 aromatic rings. The summed E-state index contributed by atoms with van der Waals surface area (Å²) < 4.78 is 0. The fraction of sp³-hybridized carbons (Fsp3) is 0.417. The molecule has 4 heteroatoms. The molecule has 2 rings (SSSR count). The van der Waals surface area contributed by atoms with E-state index in [2.05, 4.69) is 11.8 Å². The zero-order valence-electron chi connectivity index (χ0n) is 9.11. The van der Waals surface area contributed by atoms with E-state index in [-0.39, 0.29) is 5.56 Å². The van der Waals surface area contributed by atoms with Crippen LogP contribution in [0.3, 0.4) is 0 Å². The van der Waals surface area contributed by atoms with Gasteiger partial charge in [-0.2, -0.15) is 0 Å². The lowest BCUT2D eigenvalue weighted by molar-refractivity contribution is 0.0697. The van der Waals surface area contributed by atoms with Crippen LogP contribution in [-0.4, -0.2) is 24.2 Å². The summed E-state index contributed by atoms with van der Waals surface area (Å²) in [5.41, 5.74) is 0.961. The molecule has 0 bridgehead atoms. The molecular weight excluding hydrogens is 226 g/mol. The SMILES string of the molecule is CCC1CN(c2cccc(Cl)c2C(=O)O)C1. The molecule has 0 unspecified atom stereocenters. The number of hydrogen-bond acceptors (Lipinski definition) is 2. The molecule has 0 radical (unpaired) electrons. The van der Waals surface area contributed by atoms with Crippen molar-refractivity contribution in [1.82, 2.24) is 0 Å². The Hall–Kier alpha value is -1.22. The molecule has 0 atom stereocenters. The number of rotatable bonds is 3. The second-order valence-corrected chi connectivity index (χ2v) is 4.53. The maximum Gasteiger partial charge on any atom is 0.339 e. The summed E-state index contributed by atoms with van der Waals surface area (Å²) in [4.78, 5) is 13.2. The molecule has 3 nitrogen and oxygen atoms in total. The van der Waals surface area contributed by atoms with Gasteiger partial charge < -0.3 is 10.0 Å². The average Bonchev–Trinajstić information content (AvgIpc) is 2.15. The van der Waals surface area contributed by atoms with Gasteiger partial charge in [0.05, 0.1) is 10.7 Å². The zero-order chi connectivity index (χ0) is 11.7. The predicted octanol–water partition coefficient (Wildman–Crippen LogP) is 2.88. The minimum absolute atomic E-state index is 0.221. The largest absolute Gasteiger partial charge is 0.478 e. The molecule has 1 aromatic carbocycles. The summed E-state index contributed by atoms with van der Waals surface area (Å²) in [6, 6.07) is 5.23. The lowest BCUT2D eigenvalue weighted by Crippen LogP contribution is -2.47. The van der Waals surface area contributed by atoms with Gasteiger partial charge in [0.15, 0.2) is 0 Å². The van der Waals surface area contributed by atoms with Crippen LogP contribution in [0.1, 0.15) is 23.7 Å². The first-order valence-corrected chi connectivity index (χ1v) is 5.78. The molecule has 1 aliphatic heterocycles. The standard InChI is InChI=1S/C12H14ClNO2/c1-2-8-6-14(7-8)10-5-3-4-9(13)11(10)12(15)16/h3-5,8H,2,6-7H2,1H3,(H,15,16). The fourth-order valence-electron chi connectivity index (χ4n) is 2.01. The number of carbonyl (C=O) groups is 1. The summed E-state index contributed by atoms with van der Waals surface area (Å²) >= 11 is 5.91. The molecule has 1 aliphatic rings. The second kappa shape index (κ2) is 4.34. The molecule has 1 N–H and O–H groups in total. The molecule has 86 valence electrons. The van der Waals surface area contributed by atoms with Gasteiger partial charge in [-0.25, -0.2) is 4.79 Å². The number of hydrogen-bond donors (Lipinski definition) is 1. The maximum atomic E-state index is 11.1. The van der Waals surface area contributed by atoms with Gasteiger partial charge in [-0.3, -0.25) is 0 Å². The summed E-state index contributed by atoms with van der Waals surface area (Å²) in [5.74, 6) is -0.277. The van der Waals surface area contributed by atoms with Crippen LogP contribution in [0.5, 0.6) is 0 Å². The van der Waals surface area contributed by atoms with Crippen molar-refractivity contribution < 1.29 is 9.90 Å². The Morgan fingerprint density at radius 1 is 1.56 bits per heavy atom. The number of benzene rings is 1. The molecule has 0 aliphatic carbocycles. The molecule has 0 saturated carbocycles. The Bertz CT molecular complexity index is 413. The Morgan fingerprint density at radius 2 is 2.25 bits per heavy atom. The van der Waals surface area contributed by atoms with Gasteiger partial charge >= 0.3 is 5.97 Å². The van der Waals surface area contributed by atoms with Crippen molar-refractivity contribution in [2.45, 2.75) is 13.3 Å². The highest BCUT2D eigenvalue weighted by molar-refractivity contribution is 6.34. The van der Waals surface area contributed by atoms with Gasteiger partial charge in [0.2, 0.25) is 0 Å². The molecule has 0 aromatic heterocycles. The highest BCUT2D eigenvalue weighted by Crippen LogP contribution is 2.32. The first kappa shape index (κ1) is 11.3. The van der Waals surface area contributed by atoms with Crippen molar-refractivity contribution in [3.63, 3.8) is 0 Å². The van der Waals surface area contributed by atoms with E-state index in [1.54, 1.807) is 12.1 Å². The number of nitrogens with zero attached hydrogens (tertiary/aromatic N) is 1. The highest BCUT2D eigenvalue weighted by Gasteiger charge is 2.29. The molecular formula is C12H14ClNO2. The third kappa shape index (κ3) is 1.87. The smallest absolute Gasteiger partial charge is 0.339 e. The van der Waals surface area contributed by atoms with Crippen LogP contribution in [0.15, 0.2) is 18.2 Å². The van der Waals surface area contributed by atoms with Gasteiger partial charge in [-0.1, -0.05) is 24.6 Å². The number of carboxylic acid groups (broad SMARTS) is 1. The molecule has 0 spiro atoms. The second-order valence-electron chi connectivity index (χ2n) is 4.12. The zero-order valence-corrected chi connectivity index (χ0v) is 9.87. The van der Waals surface area contributed by atoms with Crippen molar-refractivity contribution in [2.75, 3.05) is 18.0 Å². The Morgan fingerprint density at radius 3 is 2.81 bits per heavy atom. The van der Waals surface area contributed by atoms with E-state index in [0.29, 0.717) is 10.9 Å². The normalized spacial score (nSPS) is 16.0. The van der Waals surface area contributed by atoms with E-state index < -0.39 is 5.97 Å². The van der Waals surface area contributed by atoms with Gasteiger partial charge in [-0.05, 0) is 24.5 Å². The number of carboxylic acids is 1. The van der Waals surface area contributed by atoms with Crippen LogP contribution in [-0.2, 0) is 0 Å². The van der Waals surface area contributed by atoms with E-state index in [1.165, 1.54) is 0 Å². The molecule has 0 amide bonds. The van der Waals surface area contributed by atoms with Gasteiger partial charge in [0.25, 0.3) is 0 Å². The minimum atomic E-state index is -0.958. The first-order valence-electron chi connectivity index (χ1n) is 5.40. The Balaban J connectivity index is 2.28. The summed E-state index contributed by atoms with van der Waals surface area (Å²) in [7, 11) is 0. The van der Waals surface area contributed by atoms with E-state index in [9.17, 15) is 4.79 Å². The summed E-state index contributed by atoms with van der Waals surface area (Å²) in [5, 5.41) is 9.44. The van der Waals surface area contributed by atoms with Crippen LogP contribution < -0.4 is 4.90 Å². The van der Waals surface area contributed by atoms with Crippen LogP contribution >= 0.6 is 11.6 Å². The van der Waals surface area contributed by atoms with Crippen LogP contribution in [0.25, 0.3) is 0 Å². The van der Waals surface area contributed by atoms with Crippen molar-refractivity contribution in [3.8, 4) is 0 Å². The fourth-order valence-corrected chi connectivity index (χ4v) is 2.26. The van der Waals surface area contributed by atoms with Crippen molar-refractivity contribution in [2.24, 2.45) is 5.92 Å². The van der Waals surface area contributed by atoms with E-state index in [0.717, 1.165) is 25.2 Å². The van der Waals surface area contributed by atoms with Crippen molar-refractivity contribution in [1.29, 1.82) is 0 Å². The number of anilines is 1. The van der Waals surface area contributed by atoms with Crippen molar-refractivity contribution >= 4 is 23.3 Å². The number of halogens is 1. The van der Waals surface area contributed by atoms with Crippen LogP contribution in [0, 0.1) is 5.92 Å². The highest BCUT2D eigenvalue weighted by atomic mass is 35.5. The third-order valence-electron chi connectivity index (χ3n) is 3.08. The molecule has 1 saturated heterocycles. The van der Waals surface area contributed by atoms with Gasteiger partial charge in [0.1, 0.15) is 5.56 Å². The average molecular weight is 240 g/mol. The van der Waals surface area contributed by atoms with Crippen LogP contribution in [0.4, 0.5) is 5.69 Å². The van der Waals surface area contributed by atoms with E-state index in [1.807, 2.05) is 6.07 Å². The van der Waals surface area contributed by atoms with Gasteiger partial charge in [-0.15, -0.1) is 0 Å². The third-order valence-corrected chi connectivity index (χ3v) is 3.40. The topological polar surface area (TPSA) is 40.5 Å². The maximum absolute atomic E-state index is 11.1.